The predicted molar refractivity (Wildman–Crippen MR) is 76.8 cm³/mol. The van der Waals surface area contributed by atoms with Gasteiger partial charge in [0.15, 0.2) is 9.84 Å². The van der Waals surface area contributed by atoms with Crippen molar-refractivity contribution in [2.75, 3.05) is 11.6 Å². The Bertz CT molecular complexity index is 445. The Labute approximate surface area is 111 Å². The minimum atomic E-state index is -3.10. The van der Waals surface area contributed by atoms with Crippen LogP contribution in [0.3, 0.4) is 0 Å². The molecule has 0 saturated heterocycles. The molecule has 0 aliphatic rings. The largest absolute Gasteiger partial charge is 0.382 e. The molecule has 4 heteroatoms. The molecule has 102 valence electrons. The molecule has 0 aliphatic heterocycles. The molecule has 0 radical (unpaired) electrons. The zero-order valence-electron chi connectivity index (χ0n) is 11.4. The van der Waals surface area contributed by atoms with Crippen LogP contribution in [-0.2, 0) is 9.84 Å². The average molecular weight is 269 g/mol. The van der Waals surface area contributed by atoms with Crippen LogP contribution in [0.2, 0.25) is 0 Å². The van der Waals surface area contributed by atoms with Gasteiger partial charge in [-0.2, -0.15) is 0 Å². The fourth-order valence-electron chi connectivity index (χ4n) is 2.02. The van der Waals surface area contributed by atoms with Crippen molar-refractivity contribution in [2.24, 2.45) is 0 Å². The maximum absolute atomic E-state index is 11.4. The van der Waals surface area contributed by atoms with Gasteiger partial charge in [0, 0.05) is 18.0 Å². The molecule has 0 fully saturated rings. The topological polar surface area (TPSA) is 46.2 Å². The number of benzene rings is 1. The summed E-state index contributed by atoms with van der Waals surface area (Å²) in [7, 11) is -3.10. The molecule has 1 aromatic carbocycles. The van der Waals surface area contributed by atoms with Crippen LogP contribution < -0.4 is 5.32 Å². The highest BCUT2D eigenvalue weighted by atomic mass is 32.2. The van der Waals surface area contributed by atoms with Gasteiger partial charge in [-0.05, 0) is 37.1 Å². The van der Waals surface area contributed by atoms with Crippen LogP contribution >= 0.6 is 0 Å². The molecule has 1 N–H and O–H groups in total. The summed E-state index contributed by atoms with van der Waals surface area (Å²) in [6.07, 6.45) is 5.81. The minimum absolute atomic E-state index is 0.371. The summed E-state index contributed by atoms with van der Waals surface area (Å²) in [6.45, 7) is 4.36. The lowest BCUT2D eigenvalue weighted by molar-refractivity contribution is 0.586. The molecular weight excluding hydrogens is 246 g/mol. The molecular formula is C14H23NO2S. The number of hydrogen-bond donors (Lipinski definition) is 1. The zero-order chi connectivity index (χ0) is 13.6. The summed E-state index contributed by atoms with van der Waals surface area (Å²) in [5.74, 6) is 0. The number of sulfone groups is 1. The van der Waals surface area contributed by atoms with Crippen LogP contribution in [0.1, 0.15) is 39.5 Å². The Morgan fingerprint density at radius 3 is 1.94 bits per heavy atom. The standard InChI is InChI=1S/C14H23NO2S/c1-4-6-12(7-5-2)15-13-8-10-14(11-9-13)18(3,16)17/h8-12,15H,4-7H2,1-3H3. The maximum Gasteiger partial charge on any atom is 0.175 e. The molecule has 1 aromatic rings. The Morgan fingerprint density at radius 2 is 1.56 bits per heavy atom. The van der Waals surface area contributed by atoms with E-state index < -0.39 is 9.84 Å². The van der Waals surface area contributed by atoms with Gasteiger partial charge in [0.2, 0.25) is 0 Å². The highest BCUT2D eigenvalue weighted by Gasteiger charge is 2.08. The molecule has 0 aliphatic carbocycles. The number of rotatable bonds is 7. The lowest BCUT2D eigenvalue weighted by Gasteiger charge is -2.18. The first-order valence-electron chi connectivity index (χ1n) is 6.54. The van der Waals surface area contributed by atoms with Crippen molar-refractivity contribution in [3.8, 4) is 0 Å². The van der Waals surface area contributed by atoms with Crippen molar-refractivity contribution < 1.29 is 8.42 Å². The van der Waals surface area contributed by atoms with Gasteiger partial charge >= 0.3 is 0 Å². The summed E-state index contributed by atoms with van der Waals surface area (Å²) in [5.41, 5.74) is 0.995. The second kappa shape index (κ2) is 6.78. The predicted octanol–water partition coefficient (Wildman–Crippen LogP) is 3.47. The van der Waals surface area contributed by atoms with Crippen molar-refractivity contribution in [3.05, 3.63) is 24.3 Å². The fourth-order valence-corrected chi connectivity index (χ4v) is 2.65. The monoisotopic (exact) mass is 269 g/mol. The molecule has 0 bridgehead atoms. The first kappa shape index (κ1) is 15.0. The van der Waals surface area contributed by atoms with Crippen molar-refractivity contribution in [3.63, 3.8) is 0 Å². The van der Waals surface area contributed by atoms with Gasteiger partial charge in [-0.25, -0.2) is 8.42 Å². The minimum Gasteiger partial charge on any atom is -0.382 e. The Hall–Kier alpha value is -1.03. The van der Waals surface area contributed by atoms with E-state index in [0.717, 1.165) is 31.4 Å². The first-order valence-corrected chi connectivity index (χ1v) is 8.43. The molecule has 0 atom stereocenters. The fraction of sp³-hybridized carbons (Fsp3) is 0.571. The smallest absolute Gasteiger partial charge is 0.175 e. The Kier molecular flexibility index (Phi) is 5.66. The van der Waals surface area contributed by atoms with E-state index in [4.69, 9.17) is 0 Å². The van der Waals surface area contributed by atoms with E-state index >= 15 is 0 Å². The van der Waals surface area contributed by atoms with Crippen molar-refractivity contribution in [1.82, 2.24) is 0 Å². The molecule has 0 amide bonds. The number of nitrogens with one attached hydrogen (secondary N) is 1. The van der Waals surface area contributed by atoms with E-state index in [0.29, 0.717) is 10.9 Å². The Balaban J connectivity index is 2.73. The third-order valence-corrected chi connectivity index (χ3v) is 4.06. The highest BCUT2D eigenvalue weighted by molar-refractivity contribution is 7.90. The molecule has 0 spiro atoms. The molecule has 0 aromatic heterocycles. The van der Waals surface area contributed by atoms with Gasteiger partial charge in [0.25, 0.3) is 0 Å². The lowest BCUT2D eigenvalue weighted by Crippen LogP contribution is -2.18. The quantitative estimate of drug-likeness (QED) is 0.824. The van der Waals surface area contributed by atoms with E-state index in [9.17, 15) is 8.42 Å². The van der Waals surface area contributed by atoms with Crippen LogP contribution in [0.25, 0.3) is 0 Å². The maximum atomic E-state index is 11.4. The highest BCUT2D eigenvalue weighted by Crippen LogP contribution is 2.17. The normalized spacial score (nSPS) is 11.8. The van der Waals surface area contributed by atoms with Crippen molar-refractivity contribution in [2.45, 2.75) is 50.5 Å². The van der Waals surface area contributed by atoms with Gasteiger partial charge in [-0.3, -0.25) is 0 Å². The molecule has 1 rings (SSSR count). The van der Waals surface area contributed by atoms with Gasteiger partial charge in [-0.1, -0.05) is 26.7 Å². The molecule has 18 heavy (non-hydrogen) atoms. The molecule has 3 nitrogen and oxygen atoms in total. The number of anilines is 1. The van der Waals surface area contributed by atoms with Crippen LogP contribution in [-0.4, -0.2) is 20.7 Å². The average Bonchev–Trinajstić information content (AvgIpc) is 2.29. The van der Waals surface area contributed by atoms with Crippen LogP contribution in [0.15, 0.2) is 29.2 Å². The third kappa shape index (κ3) is 4.69. The van der Waals surface area contributed by atoms with E-state index in [-0.39, 0.29) is 0 Å². The van der Waals surface area contributed by atoms with Crippen molar-refractivity contribution >= 4 is 15.5 Å². The summed E-state index contributed by atoms with van der Waals surface area (Å²) in [4.78, 5) is 0.371. The van der Waals surface area contributed by atoms with E-state index in [1.54, 1.807) is 12.1 Å². The summed E-state index contributed by atoms with van der Waals surface area (Å²) < 4.78 is 22.7. The van der Waals surface area contributed by atoms with Crippen LogP contribution in [0.5, 0.6) is 0 Å². The molecule has 0 heterocycles. The lowest BCUT2D eigenvalue weighted by atomic mass is 10.1. The van der Waals surface area contributed by atoms with Crippen LogP contribution in [0.4, 0.5) is 5.69 Å². The summed E-state index contributed by atoms with van der Waals surface area (Å²) in [6, 6.07) is 7.48. The summed E-state index contributed by atoms with van der Waals surface area (Å²) >= 11 is 0. The Morgan fingerprint density at radius 1 is 1.06 bits per heavy atom. The second-order valence-electron chi connectivity index (χ2n) is 4.72. The van der Waals surface area contributed by atoms with E-state index in [1.807, 2.05) is 12.1 Å². The molecule has 0 unspecified atom stereocenters. The van der Waals surface area contributed by atoms with Crippen LogP contribution in [0, 0.1) is 0 Å². The molecule has 0 saturated carbocycles. The van der Waals surface area contributed by atoms with Crippen molar-refractivity contribution in [1.29, 1.82) is 0 Å². The van der Waals surface area contributed by atoms with Gasteiger partial charge in [0.1, 0.15) is 0 Å². The third-order valence-electron chi connectivity index (χ3n) is 2.93. The number of hydrogen-bond acceptors (Lipinski definition) is 3. The van der Waals surface area contributed by atoms with E-state index in [2.05, 4.69) is 19.2 Å². The zero-order valence-corrected chi connectivity index (χ0v) is 12.3. The van der Waals surface area contributed by atoms with E-state index in [1.165, 1.54) is 6.26 Å². The van der Waals surface area contributed by atoms with Gasteiger partial charge in [-0.15, -0.1) is 0 Å². The second-order valence-corrected chi connectivity index (χ2v) is 6.73. The van der Waals surface area contributed by atoms with Gasteiger partial charge < -0.3 is 5.32 Å². The summed E-state index contributed by atoms with van der Waals surface area (Å²) in [5, 5.41) is 3.46. The SMILES string of the molecule is CCCC(CCC)Nc1ccc(S(C)(=O)=O)cc1. The van der Waals surface area contributed by atoms with Gasteiger partial charge in [0.05, 0.1) is 4.90 Å². The first-order chi connectivity index (χ1) is 8.47.